The van der Waals surface area contributed by atoms with Gasteiger partial charge >= 0.3 is 0 Å². The summed E-state index contributed by atoms with van der Waals surface area (Å²) in [5.41, 5.74) is 0. The van der Waals surface area contributed by atoms with E-state index in [0.29, 0.717) is 6.54 Å². The molecule has 0 saturated heterocycles. The average Bonchev–Trinajstić information content (AvgIpc) is 2.37. The molecular weight excluding hydrogens is 272 g/mol. The summed E-state index contributed by atoms with van der Waals surface area (Å²) in [6.07, 6.45) is 1.55. The van der Waals surface area contributed by atoms with E-state index in [9.17, 15) is 13.6 Å². The molecule has 1 aromatic carbocycles. The van der Waals surface area contributed by atoms with Crippen molar-refractivity contribution in [1.82, 2.24) is 4.90 Å². The van der Waals surface area contributed by atoms with Crippen LogP contribution in [-0.2, 0) is 4.79 Å². The summed E-state index contributed by atoms with van der Waals surface area (Å²) in [6.45, 7) is 3.91. The summed E-state index contributed by atoms with van der Waals surface area (Å²) in [7, 11) is 0. The summed E-state index contributed by atoms with van der Waals surface area (Å²) in [4.78, 5) is 13.5. The van der Waals surface area contributed by atoms with E-state index in [1.807, 2.05) is 0 Å². The van der Waals surface area contributed by atoms with Gasteiger partial charge in [0, 0.05) is 24.1 Å². The van der Waals surface area contributed by atoms with Gasteiger partial charge in [0.25, 0.3) is 0 Å². The Hall–Kier alpha value is -1.40. The molecule has 0 heterocycles. The fourth-order valence-electron chi connectivity index (χ4n) is 1.42. The molecule has 0 aromatic heterocycles. The number of carbonyl (C=O) groups excluding carboxylic acids is 1. The van der Waals surface area contributed by atoms with Gasteiger partial charge in [0.2, 0.25) is 5.91 Å². The molecule has 0 aliphatic heterocycles. The molecule has 0 bridgehead atoms. The number of rotatable bonds is 7. The number of thioether (sulfide) groups is 1. The number of aliphatic hydroxyl groups is 1. The van der Waals surface area contributed by atoms with E-state index in [1.165, 1.54) is 11.0 Å². The normalized spacial score (nSPS) is 10.3. The lowest BCUT2D eigenvalue weighted by Gasteiger charge is -2.19. The van der Waals surface area contributed by atoms with Crippen LogP contribution in [0.3, 0.4) is 0 Å². The molecule has 0 aliphatic carbocycles. The van der Waals surface area contributed by atoms with Gasteiger partial charge in [-0.3, -0.25) is 4.79 Å². The molecule has 1 N–H and O–H groups in total. The van der Waals surface area contributed by atoms with E-state index in [4.69, 9.17) is 5.11 Å². The number of halogens is 2. The maximum atomic E-state index is 13.4. The Morgan fingerprint density at radius 3 is 2.79 bits per heavy atom. The third kappa shape index (κ3) is 5.00. The molecule has 6 heteroatoms. The van der Waals surface area contributed by atoms with Crippen molar-refractivity contribution < 1.29 is 18.7 Å². The van der Waals surface area contributed by atoms with Gasteiger partial charge in [-0.2, -0.15) is 0 Å². The molecule has 1 aromatic rings. The fraction of sp³-hybridized carbons (Fsp3) is 0.308. The predicted molar refractivity (Wildman–Crippen MR) is 70.9 cm³/mol. The highest BCUT2D eigenvalue weighted by Crippen LogP contribution is 2.22. The molecule has 0 fully saturated rings. The van der Waals surface area contributed by atoms with Crippen molar-refractivity contribution in [3.05, 3.63) is 42.5 Å². The molecule has 0 spiro atoms. The molecule has 0 saturated carbocycles. The molecule has 19 heavy (non-hydrogen) atoms. The number of hydrogen-bond donors (Lipinski definition) is 1. The first-order valence-corrected chi connectivity index (χ1v) is 6.64. The molecule has 0 aliphatic rings. The van der Waals surface area contributed by atoms with Crippen LogP contribution in [0.25, 0.3) is 0 Å². The second-order valence-electron chi connectivity index (χ2n) is 3.72. The van der Waals surface area contributed by atoms with Gasteiger partial charge in [-0.05, 0) is 12.1 Å². The molecule has 104 valence electrons. The molecule has 0 radical (unpaired) electrons. The van der Waals surface area contributed by atoms with Crippen LogP contribution < -0.4 is 0 Å². The minimum atomic E-state index is -0.685. The first-order chi connectivity index (χ1) is 9.08. The number of aliphatic hydroxyl groups excluding tert-OH is 1. The van der Waals surface area contributed by atoms with E-state index in [-0.39, 0.29) is 29.7 Å². The highest BCUT2D eigenvalue weighted by atomic mass is 32.2. The minimum absolute atomic E-state index is 0.0242. The van der Waals surface area contributed by atoms with Gasteiger partial charge in [0.05, 0.1) is 12.4 Å². The van der Waals surface area contributed by atoms with Crippen LogP contribution in [0.2, 0.25) is 0 Å². The van der Waals surface area contributed by atoms with Crippen molar-refractivity contribution >= 4 is 17.7 Å². The van der Waals surface area contributed by atoms with Crippen molar-refractivity contribution in [3.63, 3.8) is 0 Å². The average molecular weight is 287 g/mol. The lowest BCUT2D eigenvalue weighted by molar-refractivity contribution is -0.128. The Kier molecular flexibility index (Phi) is 6.52. The maximum absolute atomic E-state index is 13.4. The predicted octanol–water partition coefficient (Wildman–Crippen LogP) is 2.06. The largest absolute Gasteiger partial charge is 0.395 e. The van der Waals surface area contributed by atoms with Gasteiger partial charge in [0.1, 0.15) is 11.6 Å². The van der Waals surface area contributed by atoms with E-state index in [2.05, 4.69) is 6.58 Å². The van der Waals surface area contributed by atoms with Crippen molar-refractivity contribution in [3.8, 4) is 0 Å². The van der Waals surface area contributed by atoms with Crippen LogP contribution in [0, 0.1) is 11.6 Å². The monoisotopic (exact) mass is 287 g/mol. The van der Waals surface area contributed by atoms with Gasteiger partial charge in [0.15, 0.2) is 0 Å². The quantitative estimate of drug-likeness (QED) is 0.616. The number of hydrogen-bond acceptors (Lipinski definition) is 3. The van der Waals surface area contributed by atoms with Crippen molar-refractivity contribution in [2.75, 3.05) is 25.4 Å². The SMILES string of the molecule is C=CCN(CCO)C(=O)CSc1ccc(F)cc1F. The van der Waals surface area contributed by atoms with Crippen molar-refractivity contribution in [2.24, 2.45) is 0 Å². The van der Waals surface area contributed by atoms with Gasteiger partial charge in [-0.15, -0.1) is 18.3 Å². The second kappa shape index (κ2) is 7.91. The van der Waals surface area contributed by atoms with E-state index >= 15 is 0 Å². The van der Waals surface area contributed by atoms with Gasteiger partial charge in [-0.1, -0.05) is 6.08 Å². The highest BCUT2D eigenvalue weighted by molar-refractivity contribution is 8.00. The van der Waals surface area contributed by atoms with Gasteiger partial charge < -0.3 is 10.0 Å². The molecule has 1 rings (SSSR count). The minimum Gasteiger partial charge on any atom is -0.395 e. The molecular formula is C13H15F2NO2S. The molecule has 1 amide bonds. The summed E-state index contributed by atoms with van der Waals surface area (Å²) < 4.78 is 26.1. The van der Waals surface area contributed by atoms with E-state index in [1.54, 1.807) is 6.08 Å². The standard InChI is InChI=1S/C13H15F2NO2S/c1-2-5-16(6-7-17)13(18)9-19-12-4-3-10(14)8-11(12)15/h2-4,8,17H,1,5-7,9H2. The number of nitrogens with zero attached hydrogens (tertiary/aromatic N) is 1. The second-order valence-corrected chi connectivity index (χ2v) is 4.73. The lowest BCUT2D eigenvalue weighted by atomic mass is 10.3. The summed E-state index contributed by atoms with van der Waals surface area (Å²) in [6, 6.07) is 3.22. The van der Waals surface area contributed by atoms with Crippen LogP contribution in [-0.4, -0.2) is 41.4 Å². The highest BCUT2D eigenvalue weighted by Gasteiger charge is 2.13. The number of carbonyl (C=O) groups is 1. The van der Waals surface area contributed by atoms with Crippen LogP contribution >= 0.6 is 11.8 Å². The van der Waals surface area contributed by atoms with Crippen LogP contribution in [0.1, 0.15) is 0 Å². The zero-order chi connectivity index (χ0) is 14.3. The summed E-state index contributed by atoms with van der Waals surface area (Å²) in [5, 5.41) is 8.84. The smallest absolute Gasteiger partial charge is 0.233 e. The zero-order valence-electron chi connectivity index (χ0n) is 10.3. The Bertz CT molecular complexity index is 454. The van der Waals surface area contributed by atoms with Crippen LogP contribution in [0.4, 0.5) is 8.78 Å². The summed E-state index contributed by atoms with van der Waals surface area (Å²) >= 11 is 0.995. The molecule has 0 atom stereocenters. The van der Waals surface area contributed by atoms with Crippen LogP contribution in [0.15, 0.2) is 35.7 Å². The van der Waals surface area contributed by atoms with Crippen molar-refractivity contribution in [2.45, 2.75) is 4.90 Å². The van der Waals surface area contributed by atoms with Gasteiger partial charge in [-0.25, -0.2) is 8.78 Å². The lowest BCUT2D eigenvalue weighted by Crippen LogP contribution is -2.34. The van der Waals surface area contributed by atoms with Crippen molar-refractivity contribution in [1.29, 1.82) is 0 Å². The Morgan fingerprint density at radius 1 is 1.47 bits per heavy atom. The third-order valence-corrected chi connectivity index (χ3v) is 3.35. The topological polar surface area (TPSA) is 40.5 Å². The fourth-order valence-corrected chi connectivity index (χ4v) is 2.24. The van der Waals surface area contributed by atoms with Crippen LogP contribution in [0.5, 0.6) is 0 Å². The summed E-state index contributed by atoms with van der Waals surface area (Å²) in [5.74, 6) is -1.55. The first kappa shape index (κ1) is 15.7. The number of benzene rings is 1. The Balaban J connectivity index is 2.59. The first-order valence-electron chi connectivity index (χ1n) is 5.66. The zero-order valence-corrected chi connectivity index (χ0v) is 11.1. The third-order valence-electron chi connectivity index (χ3n) is 2.32. The number of amides is 1. The molecule has 3 nitrogen and oxygen atoms in total. The van der Waals surface area contributed by atoms with E-state index < -0.39 is 11.6 Å². The molecule has 0 unspecified atom stereocenters. The maximum Gasteiger partial charge on any atom is 0.233 e. The Labute approximate surface area is 114 Å². The Morgan fingerprint density at radius 2 is 2.21 bits per heavy atom. The van der Waals surface area contributed by atoms with E-state index in [0.717, 1.165) is 23.9 Å².